The number of rotatable bonds is 5. The molecule has 2 saturated heterocycles. The highest BCUT2D eigenvalue weighted by Crippen LogP contribution is 2.27. The van der Waals surface area contributed by atoms with Crippen LogP contribution in [0.4, 0.5) is 14.6 Å². The minimum Gasteiger partial charge on any atom is -0.352 e. The van der Waals surface area contributed by atoms with Gasteiger partial charge in [0.1, 0.15) is 17.8 Å². The van der Waals surface area contributed by atoms with Crippen LogP contribution in [-0.2, 0) is 0 Å². The second-order valence-corrected chi connectivity index (χ2v) is 9.40. The number of aromatic amines is 1. The number of amides is 1. The van der Waals surface area contributed by atoms with E-state index in [-0.39, 0.29) is 11.5 Å². The van der Waals surface area contributed by atoms with Gasteiger partial charge in [0.2, 0.25) is 0 Å². The maximum atomic E-state index is 13.6. The zero-order valence-corrected chi connectivity index (χ0v) is 20.5. The summed E-state index contributed by atoms with van der Waals surface area (Å²) >= 11 is 0. The van der Waals surface area contributed by atoms with Crippen molar-refractivity contribution in [1.82, 2.24) is 34.9 Å². The number of piperazine rings is 1. The molecule has 4 heterocycles. The number of carbonyl (C=O) groups excluding carboxylic acids is 1. The Labute approximate surface area is 208 Å². The van der Waals surface area contributed by atoms with E-state index in [1.807, 2.05) is 6.92 Å². The quantitative estimate of drug-likeness (QED) is 0.580. The summed E-state index contributed by atoms with van der Waals surface area (Å²) in [5.41, 5.74) is 1.72. The molecule has 11 heteroatoms. The lowest BCUT2D eigenvalue weighted by atomic mass is 9.97. The van der Waals surface area contributed by atoms with Gasteiger partial charge in [-0.3, -0.25) is 14.8 Å². The summed E-state index contributed by atoms with van der Waals surface area (Å²) in [6, 6.07) is 4.09. The number of aromatic nitrogens is 5. The van der Waals surface area contributed by atoms with Crippen LogP contribution < -0.4 is 4.90 Å². The summed E-state index contributed by atoms with van der Waals surface area (Å²) in [6.45, 7) is 8.00. The lowest BCUT2D eigenvalue weighted by Gasteiger charge is -2.47. The summed E-state index contributed by atoms with van der Waals surface area (Å²) in [5.74, 6) is -0.688. The second-order valence-electron chi connectivity index (χ2n) is 9.40. The number of likely N-dealkylation sites (tertiary alicyclic amines) is 1. The average molecular weight is 497 g/mol. The monoisotopic (exact) mass is 496 g/mol. The van der Waals surface area contributed by atoms with Gasteiger partial charge >= 0.3 is 0 Å². The molecule has 0 bridgehead atoms. The molecule has 0 saturated carbocycles. The van der Waals surface area contributed by atoms with Gasteiger partial charge in [0.15, 0.2) is 17.5 Å². The van der Waals surface area contributed by atoms with Crippen LogP contribution in [0.3, 0.4) is 0 Å². The molecule has 1 aromatic carbocycles. The third kappa shape index (κ3) is 4.79. The number of nitrogens with zero attached hydrogens (tertiary/aromatic N) is 7. The van der Waals surface area contributed by atoms with E-state index in [2.05, 4.69) is 36.9 Å². The topological polar surface area (TPSA) is 94.1 Å². The Balaban J connectivity index is 1.20. The maximum Gasteiger partial charge on any atom is 0.253 e. The van der Waals surface area contributed by atoms with Crippen LogP contribution in [0.2, 0.25) is 0 Å². The Hall–Kier alpha value is -3.47. The standard InChI is InChI=1S/C25H30F2N8O/c1-3-18-14-34(24-16(2)31-22(13-28-24)23-29-15-30-32-23)10-11-35(18)19-6-8-33(9-7-19)25(36)17-4-5-20(26)21(27)12-17/h4-5,12-13,15,18-19H,3,6-11,14H2,1-2H3,(H,29,30,32)/t18-/m0/s1. The predicted octanol–water partition coefficient (Wildman–Crippen LogP) is 3.05. The van der Waals surface area contributed by atoms with Gasteiger partial charge in [-0.1, -0.05) is 6.92 Å². The minimum atomic E-state index is -0.994. The predicted molar refractivity (Wildman–Crippen MR) is 130 cm³/mol. The van der Waals surface area contributed by atoms with E-state index in [9.17, 15) is 13.6 Å². The summed E-state index contributed by atoms with van der Waals surface area (Å²) in [7, 11) is 0. The molecule has 1 amide bonds. The van der Waals surface area contributed by atoms with Crippen molar-refractivity contribution in [2.75, 3.05) is 37.6 Å². The molecule has 0 aliphatic carbocycles. The lowest BCUT2D eigenvalue weighted by Crippen LogP contribution is -2.58. The molecule has 1 N–H and O–H groups in total. The second kappa shape index (κ2) is 10.3. The highest BCUT2D eigenvalue weighted by molar-refractivity contribution is 5.94. The van der Waals surface area contributed by atoms with Crippen LogP contribution in [0.25, 0.3) is 11.5 Å². The molecule has 36 heavy (non-hydrogen) atoms. The zero-order valence-electron chi connectivity index (χ0n) is 20.5. The number of anilines is 1. The van der Waals surface area contributed by atoms with Crippen LogP contribution in [0.1, 0.15) is 42.2 Å². The highest BCUT2D eigenvalue weighted by Gasteiger charge is 2.35. The first-order valence-corrected chi connectivity index (χ1v) is 12.4. The molecule has 190 valence electrons. The smallest absolute Gasteiger partial charge is 0.253 e. The summed E-state index contributed by atoms with van der Waals surface area (Å²) in [6.07, 6.45) is 5.91. The van der Waals surface area contributed by atoms with Crippen molar-refractivity contribution in [2.45, 2.75) is 45.2 Å². The van der Waals surface area contributed by atoms with E-state index in [1.54, 1.807) is 11.1 Å². The Morgan fingerprint density at radius 3 is 2.58 bits per heavy atom. The van der Waals surface area contributed by atoms with Crippen LogP contribution >= 0.6 is 0 Å². The minimum absolute atomic E-state index is 0.193. The van der Waals surface area contributed by atoms with Gasteiger partial charge < -0.3 is 9.80 Å². The highest BCUT2D eigenvalue weighted by atomic mass is 19.2. The van der Waals surface area contributed by atoms with Crippen LogP contribution in [0, 0.1) is 18.6 Å². The van der Waals surface area contributed by atoms with E-state index in [4.69, 9.17) is 4.98 Å². The zero-order chi connectivity index (χ0) is 25.2. The van der Waals surface area contributed by atoms with Gasteiger partial charge in [-0.05, 0) is 44.4 Å². The first kappa shape index (κ1) is 24.2. The molecule has 2 aliphatic heterocycles. The molecular weight excluding hydrogens is 466 g/mol. The Kier molecular flexibility index (Phi) is 6.90. The Morgan fingerprint density at radius 2 is 1.92 bits per heavy atom. The number of H-pyrrole nitrogens is 1. The number of aryl methyl sites for hydroxylation is 1. The van der Waals surface area contributed by atoms with Crippen LogP contribution in [0.15, 0.2) is 30.7 Å². The van der Waals surface area contributed by atoms with Crippen molar-refractivity contribution < 1.29 is 13.6 Å². The summed E-state index contributed by atoms with van der Waals surface area (Å²) in [4.78, 5) is 32.9. The van der Waals surface area contributed by atoms with Gasteiger partial charge in [-0.2, -0.15) is 5.10 Å². The molecule has 0 radical (unpaired) electrons. The largest absolute Gasteiger partial charge is 0.352 e. The van der Waals surface area contributed by atoms with Crippen molar-refractivity contribution in [3.63, 3.8) is 0 Å². The van der Waals surface area contributed by atoms with Crippen molar-refractivity contribution in [3.8, 4) is 11.5 Å². The number of benzene rings is 1. The van der Waals surface area contributed by atoms with E-state index < -0.39 is 11.6 Å². The fourth-order valence-electron chi connectivity index (χ4n) is 5.35. The fraction of sp³-hybridized carbons (Fsp3) is 0.480. The van der Waals surface area contributed by atoms with E-state index >= 15 is 0 Å². The molecule has 1 atom stereocenters. The normalized spacial score (nSPS) is 19.6. The Morgan fingerprint density at radius 1 is 1.11 bits per heavy atom. The third-order valence-electron chi connectivity index (χ3n) is 7.26. The third-order valence-corrected chi connectivity index (χ3v) is 7.26. The van der Waals surface area contributed by atoms with E-state index in [0.29, 0.717) is 36.7 Å². The maximum absolute atomic E-state index is 13.6. The molecule has 2 aliphatic rings. The van der Waals surface area contributed by atoms with Crippen molar-refractivity contribution >= 4 is 11.7 Å². The number of halogens is 2. The van der Waals surface area contributed by atoms with Gasteiger partial charge in [0.05, 0.1) is 11.9 Å². The Bertz CT molecular complexity index is 1210. The number of nitrogens with one attached hydrogen (secondary N) is 1. The number of carbonyl (C=O) groups is 1. The van der Waals surface area contributed by atoms with Crippen molar-refractivity contribution in [2.24, 2.45) is 0 Å². The van der Waals surface area contributed by atoms with Gasteiger partial charge in [-0.15, -0.1) is 0 Å². The fourth-order valence-corrected chi connectivity index (χ4v) is 5.35. The molecule has 9 nitrogen and oxygen atoms in total. The van der Waals surface area contributed by atoms with Crippen molar-refractivity contribution in [3.05, 3.63) is 53.6 Å². The van der Waals surface area contributed by atoms with E-state index in [0.717, 1.165) is 62.5 Å². The first-order chi connectivity index (χ1) is 17.4. The number of piperidine rings is 1. The molecule has 3 aromatic rings. The SMILES string of the molecule is CC[C@H]1CN(c2ncc(-c3ncn[nH]3)nc2C)CCN1C1CCN(C(=O)c2ccc(F)c(F)c2)CC1. The van der Waals surface area contributed by atoms with Crippen LogP contribution in [-0.4, -0.2) is 85.7 Å². The van der Waals surface area contributed by atoms with Gasteiger partial charge in [-0.25, -0.2) is 23.7 Å². The van der Waals surface area contributed by atoms with E-state index in [1.165, 1.54) is 12.4 Å². The molecule has 2 aromatic heterocycles. The molecule has 2 fully saturated rings. The first-order valence-electron chi connectivity index (χ1n) is 12.4. The molecular formula is C25H30F2N8O. The number of hydrogen-bond donors (Lipinski definition) is 1. The molecule has 5 rings (SSSR count). The van der Waals surface area contributed by atoms with Gasteiger partial charge in [0, 0.05) is 50.4 Å². The van der Waals surface area contributed by atoms with Crippen LogP contribution in [0.5, 0.6) is 0 Å². The summed E-state index contributed by atoms with van der Waals surface area (Å²) < 4.78 is 26.8. The summed E-state index contributed by atoms with van der Waals surface area (Å²) in [5, 5.41) is 6.70. The van der Waals surface area contributed by atoms with Gasteiger partial charge in [0.25, 0.3) is 5.91 Å². The molecule has 0 unspecified atom stereocenters. The lowest BCUT2D eigenvalue weighted by molar-refractivity contribution is 0.0490. The van der Waals surface area contributed by atoms with Crippen molar-refractivity contribution in [1.29, 1.82) is 0 Å². The number of hydrogen-bond acceptors (Lipinski definition) is 7. The average Bonchev–Trinajstić information content (AvgIpc) is 3.45. The molecule has 0 spiro atoms.